The van der Waals surface area contributed by atoms with Gasteiger partial charge in [0.05, 0.1) is 11.0 Å². The molecule has 8 aromatic carbocycles. The van der Waals surface area contributed by atoms with Crippen molar-refractivity contribution in [2.24, 2.45) is 0 Å². The molecule has 0 N–H and O–H groups in total. The number of anilines is 3. The highest BCUT2D eigenvalue weighted by Crippen LogP contribution is 2.41. The van der Waals surface area contributed by atoms with Gasteiger partial charge in [0.15, 0.2) is 0 Å². The number of alkyl halides is 3. The summed E-state index contributed by atoms with van der Waals surface area (Å²) in [6, 6.07) is 60.5. The van der Waals surface area contributed by atoms with Crippen molar-refractivity contribution in [3.05, 3.63) is 188 Å². The van der Waals surface area contributed by atoms with E-state index in [1.54, 1.807) is 0 Å². The second kappa shape index (κ2) is 14.0. The summed E-state index contributed by atoms with van der Waals surface area (Å²) in [5, 5.41) is 4.43. The van der Waals surface area contributed by atoms with Crippen molar-refractivity contribution in [2.45, 2.75) is 5.51 Å². The Morgan fingerprint density at radius 2 is 0.966 bits per heavy atom. The highest BCUT2D eigenvalue weighted by atomic mass is 32.2. The van der Waals surface area contributed by atoms with Gasteiger partial charge in [0.2, 0.25) is 0 Å². The minimum absolute atomic E-state index is 0.458. The first-order valence-electron chi connectivity index (χ1n) is 18.7. The van der Waals surface area contributed by atoms with E-state index in [1.165, 1.54) is 35.0 Å². The van der Waals surface area contributed by atoms with Gasteiger partial charge in [-0.05, 0) is 95.6 Å². The molecular weight excluding hydrogens is 770 g/mol. The highest BCUT2D eigenvalue weighted by molar-refractivity contribution is 7.88. The molecule has 0 saturated carbocycles. The minimum Gasteiger partial charge on any atom is -0.455 e. The van der Waals surface area contributed by atoms with Crippen LogP contribution in [0.1, 0.15) is 0 Å². The largest absolute Gasteiger partial charge is 0.534 e. The van der Waals surface area contributed by atoms with E-state index in [2.05, 4.69) is 81.5 Å². The van der Waals surface area contributed by atoms with Crippen molar-refractivity contribution in [3.8, 4) is 33.7 Å². The molecule has 0 aliphatic heterocycles. The molecule has 0 saturated heterocycles. The number of nitrogens with zero attached hydrogens (tertiary/aromatic N) is 2. The first kappa shape index (κ1) is 36.1. The van der Waals surface area contributed by atoms with E-state index in [4.69, 9.17) is 4.42 Å². The summed E-state index contributed by atoms with van der Waals surface area (Å²) in [5.41, 5.74) is 5.28. The lowest BCUT2D eigenvalue weighted by Gasteiger charge is -2.26. The first-order chi connectivity index (χ1) is 28.6. The van der Waals surface area contributed by atoms with E-state index in [9.17, 15) is 21.6 Å². The van der Waals surface area contributed by atoms with Gasteiger partial charge in [0, 0.05) is 49.9 Å². The molecule has 6 nitrogen and oxygen atoms in total. The maximum Gasteiger partial charge on any atom is 0.534 e. The topological polar surface area (TPSA) is 64.7 Å². The third kappa shape index (κ3) is 6.34. The maximum atomic E-state index is 13.1. The van der Waals surface area contributed by atoms with Gasteiger partial charge in [-0.15, -0.1) is 0 Å². The summed E-state index contributed by atoms with van der Waals surface area (Å²) in [6.07, 6.45) is 0. The van der Waals surface area contributed by atoms with E-state index in [0.717, 1.165) is 72.3 Å². The van der Waals surface area contributed by atoms with Crippen LogP contribution >= 0.6 is 0 Å². The first-order valence-corrected chi connectivity index (χ1v) is 20.1. The molecule has 2 aromatic heterocycles. The van der Waals surface area contributed by atoms with E-state index in [1.807, 2.05) is 95.9 Å². The molecular formula is C49H31F3N2O4S. The van der Waals surface area contributed by atoms with Crippen LogP contribution in [0.3, 0.4) is 0 Å². The molecule has 0 atom stereocenters. The zero-order valence-electron chi connectivity index (χ0n) is 31.0. The van der Waals surface area contributed by atoms with Gasteiger partial charge in [-0.2, -0.15) is 21.6 Å². The van der Waals surface area contributed by atoms with Crippen molar-refractivity contribution in [1.29, 1.82) is 0 Å². The summed E-state index contributed by atoms with van der Waals surface area (Å²) in [7, 11) is -5.83. The molecule has 0 aliphatic rings. The lowest BCUT2D eigenvalue weighted by atomic mass is 10.0. The van der Waals surface area contributed by atoms with Gasteiger partial charge in [0.1, 0.15) is 16.9 Å². The Kier molecular flexibility index (Phi) is 8.54. The third-order valence-corrected chi connectivity index (χ3v) is 11.6. The fourth-order valence-electron chi connectivity index (χ4n) is 7.84. The highest BCUT2D eigenvalue weighted by Gasteiger charge is 2.48. The van der Waals surface area contributed by atoms with Crippen LogP contribution in [0.15, 0.2) is 192 Å². The Labute approximate surface area is 336 Å². The molecule has 288 valence electrons. The Hall–Kier alpha value is -7.30. The van der Waals surface area contributed by atoms with Crippen LogP contribution in [0.4, 0.5) is 30.2 Å². The number of benzene rings is 8. The number of aromatic nitrogens is 1. The van der Waals surface area contributed by atoms with Gasteiger partial charge >= 0.3 is 15.6 Å². The van der Waals surface area contributed by atoms with Crippen molar-refractivity contribution < 1.29 is 30.2 Å². The van der Waals surface area contributed by atoms with Gasteiger partial charge < -0.3 is 18.1 Å². The molecule has 0 fully saturated rings. The van der Waals surface area contributed by atoms with Crippen molar-refractivity contribution in [2.75, 3.05) is 4.90 Å². The zero-order valence-corrected chi connectivity index (χ0v) is 31.8. The van der Waals surface area contributed by atoms with Crippen molar-refractivity contribution in [1.82, 2.24) is 4.57 Å². The smallest absolute Gasteiger partial charge is 0.455 e. The minimum atomic E-state index is -5.83. The Balaban J connectivity index is 0.997. The van der Waals surface area contributed by atoms with Crippen LogP contribution in [0, 0.1) is 0 Å². The second-order valence-electron chi connectivity index (χ2n) is 14.1. The average molecular weight is 801 g/mol. The standard InChI is InChI=1S/C49H31F3N2O4S/c50-49(51,52)59(55,56)58-39-30-28-37(29-31-39)53(36-26-20-34(21-27-36)40-11-7-12-44-43-10-3-6-15-47(43)57-48(40)44)35-22-16-32(17-23-35)33-18-24-38(25-19-33)54-45-13-4-1-8-41(45)42-9-2-5-14-46(42)54/h1-31H. The number of halogens is 3. The van der Waals surface area contributed by atoms with E-state index >= 15 is 0 Å². The maximum absolute atomic E-state index is 13.1. The summed E-state index contributed by atoms with van der Waals surface area (Å²) in [6.45, 7) is 0. The number of furan rings is 1. The number of para-hydroxylation sites is 4. The molecule has 0 aliphatic carbocycles. The Bertz CT molecular complexity index is 3230. The molecule has 10 heteroatoms. The SMILES string of the molecule is O=S(=O)(Oc1ccc(N(c2ccc(-c3ccc(-n4c5ccccc5c5ccccc54)cc3)cc2)c2ccc(-c3cccc4c3oc3ccccc34)cc2)cc1)C(F)(F)F. The van der Waals surface area contributed by atoms with Crippen LogP contribution in [-0.2, 0) is 10.1 Å². The van der Waals surface area contributed by atoms with Gasteiger partial charge in [-0.1, -0.05) is 109 Å². The number of fused-ring (bicyclic) bond motifs is 6. The molecule has 0 spiro atoms. The van der Waals surface area contributed by atoms with Gasteiger partial charge in [-0.25, -0.2) is 0 Å². The summed E-state index contributed by atoms with van der Waals surface area (Å²) < 4.78 is 75.7. The van der Waals surface area contributed by atoms with Crippen LogP contribution < -0.4 is 9.08 Å². The normalized spacial score (nSPS) is 12.1. The molecule has 2 heterocycles. The zero-order chi connectivity index (χ0) is 40.3. The number of hydrogen-bond donors (Lipinski definition) is 0. The molecule has 0 radical (unpaired) electrons. The van der Waals surface area contributed by atoms with E-state index in [0.29, 0.717) is 5.69 Å². The summed E-state index contributed by atoms with van der Waals surface area (Å²) in [5.74, 6) is -0.458. The number of rotatable bonds is 8. The van der Waals surface area contributed by atoms with Crippen molar-refractivity contribution in [3.63, 3.8) is 0 Å². The summed E-state index contributed by atoms with van der Waals surface area (Å²) >= 11 is 0. The fourth-order valence-corrected chi connectivity index (χ4v) is 8.30. The van der Waals surface area contributed by atoms with Gasteiger partial charge in [-0.3, -0.25) is 0 Å². The third-order valence-electron chi connectivity index (χ3n) is 10.6. The quantitative estimate of drug-likeness (QED) is 0.113. The van der Waals surface area contributed by atoms with Crippen LogP contribution in [-0.4, -0.2) is 18.5 Å². The predicted octanol–water partition coefficient (Wildman–Crippen LogP) is 13.7. The Morgan fingerprint density at radius 1 is 0.492 bits per heavy atom. The fraction of sp³-hybridized carbons (Fsp3) is 0.0204. The van der Waals surface area contributed by atoms with Gasteiger partial charge in [0.25, 0.3) is 0 Å². The molecule has 0 unspecified atom stereocenters. The molecule has 0 bridgehead atoms. The molecule has 10 aromatic rings. The number of hydrogen-bond acceptors (Lipinski definition) is 5. The van der Waals surface area contributed by atoms with E-state index < -0.39 is 21.4 Å². The second-order valence-corrected chi connectivity index (χ2v) is 15.6. The molecule has 10 rings (SSSR count). The monoisotopic (exact) mass is 800 g/mol. The molecule has 0 amide bonds. The van der Waals surface area contributed by atoms with Crippen molar-refractivity contribution >= 4 is 70.9 Å². The lowest BCUT2D eigenvalue weighted by Crippen LogP contribution is -2.28. The lowest BCUT2D eigenvalue weighted by molar-refractivity contribution is -0.0500. The van der Waals surface area contributed by atoms with Crippen LogP contribution in [0.5, 0.6) is 5.75 Å². The van der Waals surface area contributed by atoms with E-state index in [-0.39, 0.29) is 0 Å². The molecule has 59 heavy (non-hydrogen) atoms. The van der Waals surface area contributed by atoms with Crippen LogP contribution in [0.25, 0.3) is 71.7 Å². The summed E-state index contributed by atoms with van der Waals surface area (Å²) in [4.78, 5) is 1.93. The average Bonchev–Trinajstić information content (AvgIpc) is 3.81. The predicted molar refractivity (Wildman–Crippen MR) is 229 cm³/mol. The van der Waals surface area contributed by atoms with Crippen LogP contribution in [0.2, 0.25) is 0 Å². The Morgan fingerprint density at radius 3 is 1.54 bits per heavy atom.